The number of nitrogens with one attached hydrogen (secondary N) is 1. The Balaban J connectivity index is 1.77. The molecule has 0 saturated carbocycles. The minimum atomic E-state index is -1.46. The zero-order chi connectivity index (χ0) is 17.5. The summed E-state index contributed by atoms with van der Waals surface area (Å²) in [5.41, 5.74) is 0.802. The number of ether oxygens (including phenoxy) is 1. The minimum Gasteiger partial charge on any atom is -0.542 e. The molecule has 0 saturated heterocycles. The maximum absolute atomic E-state index is 11.5. The molecule has 1 aromatic carbocycles. The summed E-state index contributed by atoms with van der Waals surface area (Å²) < 4.78 is 4.96. The van der Waals surface area contributed by atoms with Crippen LogP contribution >= 0.6 is 11.3 Å². The lowest BCUT2D eigenvalue weighted by atomic mass is 10.1. The van der Waals surface area contributed by atoms with Crippen LogP contribution in [0, 0.1) is 0 Å². The Hall–Kier alpha value is -2.49. The molecule has 1 heterocycles. The molecule has 8 nitrogen and oxygen atoms in total. The van der Waals surface area contributed by atoms with Crippen molar-refractivity contribution in [2.75, 3.05) is 6.54 Å². The Bertz CT molecular complexity index is 690. The first-order valence-corrected chi connectivity index (χ1v) is 7.82. The topological polar surface area (TPSA) is 132 Å². The van der Waals surface area contributed by atoms with Gasteiger partial charge in [0, 0.05) is 11.9 Å². The van der Waals surface area contributed by atoms with Crippen molar-refractivity contribution in [3.8, 4) is 0 Å². The van der Waals surface area contributed by atoms with Gasteiger partial charge in [0.15, 0.2) is 0 Å². The van der Waals surface area contributed by atoms with Crippen molar-refractivity contribution in [3.63, 3.8) is 0 Å². The van der Waals surface area contributed by atoms with E-state index in [9.17, 15) is 24.9 Å². The number of nitrogens with zero attached hydrogens (tertiary/aromatic N) is 1. The van der Waals surface area contributed by atoms with Gasteiger partial charge < -0.3 is 30.2 Å². The van der Waals surface area contributed by atoms with Crippen molar-refractivity contribution in [1.82, 2.24) is 10.3 Å². The lowest BCUT2D eigenvalue weighted by molar-refractivity contribution is -0.255. The SMILES string of the molecule is O=C(NCC(O)C(O)c1csc(C(=O)[O-])n1)OCc1ccccc1. The number of aliphatic hydroxyl groups is 2. The molecule has 2 atom stereocenters. The number of amides is 1. The van der Waals surface area contributed by atoms with Crippen molar-refractivity contribution in [2.24, 2.45) is 0 Å². The predicted octanol–water partition coefficient (Wildman–Crippen LogP) is -0.173. The number of hydrogen-bond donors (Lipinski definition) is 3. The molecule has 1 aromatic heterocycles. The highest BCUT2D eigenvalue weighted by Gasteiger charge is 2.22. The molecule has 0 spiro atoms. The number of carboxylic acids is 1. The first-order chi connectivity index (χ1) is 11.5. The van der Waals surface area contributed by atoms with Crippen molar-refractivity contribution in [1.29, 1.82) is 0 Å². The van der Waals surface area contributed by atoms with Crippen LogP contribution in [0.25, 0.3) is 0 Å². The number of carboxylic acid groups (broad SMARTS) is 1. The average Bonchev–Trinajstić information content (AvgIpc) is 3.08. The van der Waals surface area contributed by atoms with Crippen LogP contribution in [0.15, 0.2) is 35.7 Å². The molecule has 128 valence electrons. The van der Waals surface area contributed by atoms with E-state index in [-0.39, 0.29) is 23.9 Å². The zero-order valence-corrected chi connectivity index (χ0v) is 13.2. The van der Waals surface area contributed by atoms with E-state index >= 15 is 0 Å². The highest BCUT2D eigenvalue weighted by molar-refractivity contribution is 7.11. The van der Waals surface area contributed by atoms with Crippen molar-refractivity contribution in [2.45, 2.75) is 18.8 Å². The number of carbonyl (C=O) groups excluding carboxylic acids is 2. The highest BCUT2D eigenvalue weighted by Crippen LogP contribution is 2.19. The van der Waals surface area contributed by atoms with Gasteiger partial charge in [-0.05, 0) is 5.56 Å². The molecule has 2 aromatic rings. The monoisotopic (exact) mass is 351 g/mol. The van der Waals surface area contributed by atoms with Crippen LogP contribution in [0.1, 0.15) is 27.2 Å². The number of aromatic nitrogens is 1. The number of hydrogen-bond acceptors (Lipinski definition) is 8. The third-order valence-electron chi connectivity index (χ3n) is 3.03. The van der Waals surface area contributed by atoms with E-state index in [1.54, 1.807) is 12.1 Å². The molecule has 24 heavy (non-hydrogen) atoms. The maximum Gasteiger partial charge on any atom is 0.407 e. The number of benzene rings is 1. The van der Waals surface area contributed by atoms with E-state index in [4.69, 9.17) is 4.74 Å². The second kappa shape index (κ2) is 8.39. The third-order valence-corrected chi connectivity index (χ3v) is 3.87. The third kappa shape index (κ3) is 5.01. The summed E-state index contributed by atoms with van der Waals surface area (Å²) in [5, 5.41) is 33.7. The molecule has 2 rings (SSSR count). The van der Waals surface area contributed by atoms with Gasteiger partial charge in [0.25, 0.3) is 0 Å². The second-order valence-corrected chi connectivity index (χ2v) is 5.68. The summed E-state index contributed by atoms with van der Waals surface area (Å²) in [6, 6.07) is 9.05. The van der Waals surface area contributed by atoms with Gasteiger partial charge in [-0.15, -0.1) is 11.3 Å². The van der Waals surface area contributed by atoms with Crippen molar-refractivity contribution >= 4 is 23.4 Å². The summed E-state index contributed by atoms with van der Waals surface area (Å²) in [6.45, 7) is -0.209. The average molecular weight is 351 g/mol. The molecule has 0 aliphatic heterocycles. The van der Waals surface area contributed by atoms with E-state index < -0.39 is 24.3 Å². The standard InChI is InChI=1S/C15H16N2O6S/c18-11(12(19)10-8-24-13(17-10)14(20)21)6-16-15(22)23-7-9-4-2-1-3-5-9/h1-5,8,11-12,18-19H,6-7H2,(H,16,22)(H,20,21)/p-1. The van der Waals surface area contributed by atoms with Crippen LogP contribution in [0.4, 0.5) is 4.79 Å². The van der Waals surface area contributed by atoms with E-state index in [0.29, 0.717) is 0 Å². The first kappa shape index (κ1) is 17.9. The Morgan fingerprint density at radius 2 is 2.00 bits per heavy atom. The second-order valence-electron chi connectivity index (χ2n) is 4.82. The van der Waals surface area contributed by atoms with Gasteiger partial charge in [0.2, 0.25) is 0 Å². The molecule has 0 fully saturated rings. The number of rotatable bonds is 7. The van der Waals surface area contributed by atoms with Gasteiger partial charge in [0.1, 0.15) is 29.8 Å². The minimum absolute atomic E-state index is 0.00819. The first-order valence-electron chi connectivity index (χ1n) is 6.95. The molecular formula is C15H15N2O6S-. The number of aliphatic hydroxyl groups excluding tert-OH is 2. The lowest BCUT2D eigenvalue weighted by Gasteiger charge is -2.16. The Morgan fingerprint density at radius 1 is 1.29 bits per heavy atom. The van der Waals surface area contributed by atoms with Gasteiger partial charge in [-0.1, -0.05) is 30.3 Å². The largest absolute Gasteiger partial charge is 0.542 e. The molecule has 9 heteroatoms. The molecular weight excluding hydrogens is 336 g/mol. The Labute approximate surface area is 141 Å². The fraction of sp³-hybridized carbons (Fsp3) is 0.267. The number of carbonyl (C=O) groups is 2. The lowest BCUT2D eigenvalue weighted by Crippen LogP contribution is -2.36. The van der Waals surface area contributed by atoms with Crippen LogP contribution in [-0.2, 0) is 11.3 Å². The van der Waals surface area contributed by atoms with Crippen LogP contribution in [-0.4, -0.2) is 39.9 Å². The molecule has 0 bridgehead atoms. The highest BCUT2D eigenvalue weighted by atomic mass is 32.1. The van der Waals surface area contributed by atoms with Crippen LogP contribution < -0.4 is 10.4 Å². The van der Waals surface area contributed by atoms with Crippen LogP contribution in [0.3, 0.4) is 0 Å². The normalized spacial score (nSPS) is 13.1. The molecule has 2 unspecified atom stereocenters. The van der Waals surface area contributed by atoms with Gasteiger partial charge in [0.05, 0.1) is 5.69 Å². The summed E-state index contributed by atoms with van der Waals surface area (Å²) >= 11 is 0.777. The molecule has 1 amide bonds. The fourth-order valence-corrected chi connectivity index (χ4v) is 2.47. The van der Waals surface area contributed by atoms with Crippen molar-refractivity contribution < 1.29 is 29.6 Å². The van der Waals surface area contributed by atoms with E-state index in [2.05, 4.69) is 10.3 Å². The molecule has 0 aliphatic carbocycles. The van der Waals surface area contributed by atoms with Gasteiger partial charge in [-0.25, -0.2) is 9.78 Å². The Kier molecular flexibility index (Phi) is 6.24. The summed E-state index contributed by atoms with van der Waals surface area (Å²) in [7, 11) is 0. The van der Waals surface area contributed by atoms with Crippen LogP contribution in [0.2, 0.25) is 0 Å². The quantitative estimate of drug-likeness (QED) is 0.631. The van der Waals surface area contributed by atoms with E-state index in [1.807, 2.05) is 18.2 Å². The molecule has 0 aliphatic rings. The van der Waals surface area contributed by atoms with E-state index in [1.165, 1.54) is 5.38 Å². The van der Waals surface area contributed by atoms with Gasteiger partial charge >= 0.3 is 6.09 Å². The number of thiazole rings is 1. The number of alkyl carbamates (subject to hydrolysis) is 1. The smallest absolute Gasteiger partial charge is 0.407 e. The van der Waals surface area contributed by atoms with Crippen molar-refractivity contribution in [3.05, 3.63) is 52.0 Å². The Morgan fingerprint density at radius 3 is 2.62 bits per heavy atom. The summed E-state index contributed by atoms with van der Waals surface area (Å²) in [6.07, 6.45) is -3.56. The van der Waals surface area contributed by atoms with Crippen LogP contribution in [0.5, 0.6) is 0 Å². The summed E-state index contributed by atoms with van der Waals surface area (Å²) in [4.78, 5) is 25.8. The number of aromatic carboxylic acids is 1. The summed E-state index contributed by atoms with van der Waals surface area (Å²) in [5.74, 6) is -1.46. The molecule has 0 radical (unpaired) electrons. The maximum atomic E-state index is 11.5. The van der Waals surface area contributed by atoms with Gasteiger partial charge in [-0.3, -0.25) is 0 Å². The van der Waals surface area contributed by atoms with E-state index in [0.717, 1.165) is 16.9 Å². The zero-order valence-electron chi connectivity index (χ0n) is 12.4. The van der Waals surface area contributed by atoms with Gasteiger partial charge in [-0.2, -0.15) is 0 Å². The predicted molar refractivity (Wildman–Crippen MR) is 82.0 cm³/mol. The molecule has 3 N–H and O–H groups in total. The fourth-order valence-electron chi connectivity index (χ4n) is 1.79.